The summed E-state index contributed by atoms with van der Waals surface area (Å²) < 4.78 is 16.6. The standard InChI is InChI=1S/OTe.O.Pb/c1-2;;/q+1;;. The summed E-state index contributed by atoms with van der Waals surface area (Å²) in [5.41, 5.74) is 0. The van der Waals surface area contributed by atoms with Gasteiger partial charge in [0.25, 0.3) is 0 Å². The summed E-state index contributed by atoms with van der Waals surface area (Å²) in [6.45, 7) is 0. The fourth-order valence-corrected chi connectivity index (χ4v) is 0. The van der Waals surface area contributed by atoms with E-state index in [9.17, 15) is 0 Å². The van der Waals surface area contributed by atoms with Gasteiger partial charge >= 0.3 is 53.8 Å². The van der Waals surface area contributed by atoms with Gasteiger partial charge in [-0.1, -0.05) is 0 Å². The molecule has 0 unspecified atom stereocenters. The fourth-order valence-electron chi connectivity index (χ4n) is 0. The van der Waals surface area contributed by atoms with Crippen LogP contribution >= 0.6 is 0 Å². The van der Waals surface area contributed by atoms with Crippen molar-refractivity contribution in [1.82, 2.24) is 0 Å². The van der Waals surface area contributed by atoms with Gasteiger partial charge in [-0.3, -0.25) is 0 Å². The van der Waals surface area contributed by atoms with Crippen LogP contribution in [0, 0.1) is 0 Å². The fraction of sp³-hybridized carbons (Fsp3) is 0. The number of rotatable bonds is 0. The van der Waals surface area contributed by atoms with Crippen molar-refractivity contribution >= 4 is 48.1 Å². The van der Waals surface area contributed by atoms with E-state index < -0.39 is 0 Å². The second kappa shape index (κ2) is 27.5. The van der Waals surface area contributed by atoms with Crippen molar-refractivity contribution in [3.8, 4) is 0 Å². The van der Waals surface area contributed by atoms with Crippen LogP contribution in [0.4, 0.5) is 0 Å². The first-order valence-corrected chi connectivity index (χ1v) is 2.91. The van der Waals surface area contributed by atoms with Crippen molar-refractivity contribution < 1.29 is 5.79 Å². The zero-order valence-corrected chi connectivity index (χ0v) is 7.94. The predicted octanol–water partition coefficient (Wildman–Crippen LogP) is -0.999. The summed E-state index contributed by atoms with van der Waals surface area (Å²) in [7, 11) is 0. The Balaban J connectivity index is 0. The molecule has 0 aromatic carbocycles. The Kier molecular flexibility index (Phi) is 61.9. The van der Waals surface area contributed by atoms with E-state index in [1.54, 1.807) is 0 Å². The summed E-state index contributed by atoms with van der Waals surface area (Å²) >= 11 is 0.756. The quantitative estimate of drug-likeness (QED) is 0.516. The van der Waals surface area contributed by atoms with Gasteiger partial charge in [-0.15, -0.1) is 0 Å². The van der Waals surface area contributed by atoms with Gasteiger partial charge in [-0.25, -0.2) is 0 Å². The molecule has 0 bridgehead atoms. The molecule has 0 rings (SSSR count). The first kappa shape index (κ1) is 9.00. The topological polar surface area (TPSA) is 34.1 Å². The van der Waals surface area contributed by atoms with E-state index >= 15 is 0 Å². The predicted molar refractivity (Wildman–Crippen MR) is 12.9 cm³/mol. The molecule has 0 N–H and O–H groups in total. The first-order chi connectivity index (χ1) is 2.00. The normalized spacial score (nSPS) is 2.00. The average molecular weight is 367 g/mol. The Labute approximate surface area is 53.4 Å². The maximum atomic E-state index is 8.39. The molecule has 0 amide bonds. The van der Waals surface area contributed by atoms with Gasteiger partial charge in [0.05, 0.1) is 0 Å². The molecule has 0 atom stereocenters. The molecule has 0 aliphatic heterocycles. The van der Waals surface area contributed by atoms with E-state index in [-0.39, 0.29) is 25.8 Å². The molecule has 21 valence electrons. The van der Waals surface area contributed by atoms with E-state index in [2.05, 4.69) is 0 Å². The van der Waals surface area contributed by atoms with Gasteiger partial charge in [0.15, 0.2) is 0 Å². The van der Waals surface area contributed by atoms with E-state index in [1.807, 2.05) is 0 Å². The first-order valence-electron chi connectivity index (χ1n) is 0.371. The zero-order valence-electron chi connectivity index (χ0n) is 1.72. The third kappa shape index (κ3) is 10.3. The summed E-state index contributed by atoms with van der Waals surface area (Å²) in [4.78, 5) is 0. The van der Waals surface area contributed by atoms with Crippen molar-refractivity contribution in [3.05, 3.63) is 0 Å². The molecule has 0 aliphatic rings. The molecular weight excluding hydrogens is 367 g/mol. The van der Waals surface area contributed by atoms with Crippen LogP contribution < -0.4 is 0 Å². The molecule has 0 fully saturated rings. The molecule has 0 saturated heterocycles. The van der Waals surface area contributed by atoms with Crippen LogP contribution in [-0.2, 0) is 5.79 Å². The monoisotopic (exact) mass is 370 g/mol. The Morgan fingerprint density at radius 3 is 1.25 bits per heavy atom. The third-order valence-electron chi connectivity index (χ3n) is 0. The van der Waals surface area contributed by atoms with Crippen LogP contribution in [0.2, 0.25) is 0 Å². The molecule has 2 nitrogen and oxygen atoms in total. The van der Waals surface area contributed by atoms with Gasteiger partial charge in [0.1, 0.15) is 0 Å². The summed E-state index contributed by atoms with van der Waals surface area (Å²) in [5.74, 6) is 0. The average Bonchev–Trinajstić information content (AvgIpc) is 1.50. The van der Waals surface area contributed by atoms with E-state index in [4.69, 9.17) is 5.79 Å². The minimum atomic E-state index is 0.0556. The molecule has 0 spiro atoms. The maximum absolute atomic E-state index is 8.39. The van der Waals surface area contributed by atoms with Gasteiger partial charge < -0.3 is 0 Å². The SMILES string of the molecule is O=[Te+].[O]=[Pb]. The third-order valence-corrected chi connectivity index (χ3v) is 0. The molecule has 3 radical (unpaired) electrons. The zero-order chi connectivity index (χ0) is 4.00. The van der Waals surface area contributed by atoms with Crippen molar-refractivity contribution in [2.75, 3.05) is 0 Å². The van der Waals surface area contributed by atoms with Crippen molar-refractivity contribution in [2.24, 2.45) is 0 Å². The summed E-state index contributed by atoms with van der Waals surface area (Å²) in [6, 6.07) is 0. The van der Waals surface area contributed by atoms with Crippen molar-refractivity contribution in [3.63, 3.8) is 0 Å². The van der Waals surface area contributed by atoms with Crippen molar-refractivity contribution in [2.45, 2.75) is 0 Å². The molecule has 0 aromatic rings. The molecule has 4 heavy (non-hydrogen) atoms. The molecule has 0 heterocycles. The number of hydrogen-bond donors (Lipinski definition) is 0. The number of hydrogen-bond acceptors (Lipinski definition) is 2. The Hall–Kier alpha value is 1.31. The van der Waals surface area contributed by atoms with Crippen LogP contribution in [0.3, 0.4) is 0 Å². The van der Waals surface area contributed by atoms with Crippen LogP contribution in [0.5, 0.6) is 0 Å². The molecule has 0 aliphatic carbocycles. The van der Waals surface area contributed by atoms with Gasteiger partial charge in [0, 0.05) is 0 Å². The van der Waals surface area contributed by atoms with Crippen LogP contribution in [0.25, 0.3) is 0 Å². The van der Waals surface area contributed by atoms with E-state index in [1.165, 1.54) is 0 Å². The second-order valence-corrected chi connectivity index (χ2v) is 0. The van der Waals surface area contributed by atoms with Crippen LogP contribution in [0.1, 0.15) is 0 Å². The minimum absolute atomic E-state index is 0.0556. The Bertz CT molecular complexity index is 8.00. The van der Waals surface area contributed by atoms with Crippen LogP contribution in [0.15, 0.2) is 0 Å². The van der Waals surface area contributed by atoms with E-state index in [0.29, 0.717) is 22.3 Å². The Morgan fingerprint density at radius 2 is 1.25 bits per heavy atom. The second-order valence-electron chi connectivity index (χ2n) is 0. The van der Waals surface area contributed by atoms with E-state index in [0.717, 1.165) is 0 Å². The molecule has 0 saturated carbocycles. The van der Waals surface area contributed by atoms with Gasteiger partial charge in [-0.2, -0.15) is 0 Å². The molecule has 0 aromatic heterocycles. The summed E-state index contributed by atoms with van der Waals surface area (Å²) in [6.07, 6.45) is 0. The summed E-state index contributed by atoms with van der Waals surface area (Å²) in [5, 5.41) is 0. The Morgan fingerprint density at radius 1 is 1.25 bits per heavy atom. The van der Waals surface area contributed by atoms with Crippen molar-refractivity contribution in [1.29, 1.82) is 0 Å². The van der Waals surface area contributed by atoms with Gasteiger partial charge in [-0.05, 0) is 0 Å². The molecular formula is O2PbTe+. The van der Waals surface area contributed by atoms with Gasteiger partial charge in [0.2, 0.25) is 0 Å². The molecule has 4 heteroatoms. The van der Waals surface area contributed by atoms with Crippen LogP contribution in [-0.4, -0.2) is 48.1 Å².